The molecule has 0 saturated carbocycles. The molecule has 7 nitrogen and oxygen atoms in total. The van der Waals surface area contributed by atoms with Crippen molar-refractivity contribution < 1.29 is 22.7 Å². The van der Waals surface area contributed by atoms with Crippen molar-refractivity contribution in [3.8, 4) is 11.5 Å². The second-order valence-electron chi connectivity index (χ2n) is 7.21. The van der Waals surface area contributed by atoms with E-state index in [0.717, 1.165) is 5.56 Å². The second-order valence-corrected chi connectivity index (χ2v) is 9.30. The fourth-order valence-electron chi connectivity index (χ4n) is 3.26. The number of nitrogens with one attached hydrogen (secondary N) is 2. The Morgan fingerprint density at radius 2 is 1.69 bits per heavy atom. The van der Waals surface area contributed by atoms with E-state index in [9.17, 15) is 13.2 Å². The molecule has 1 atom stereocenters. The fraction of sp³-hybridized carbons (Fsp3) is 0.174. The molecule has 0 bridgehead atoms. The molecule has 4 rings (SSSR count). The number of hydrogen-bond donors (Lipinski definition) is 2. The molecule has 3 aromatic rings. The number of carbonyl (C=O) groups excluding carboxylic acids is 1. The number of hydrogen-bond acceptors (Lipinski definition) is 5. The van der Waals surface area contributed by atoms with Crippen LogP contribution in [0.4, 0.5) is 5.69 Å². The van der Waals surface area contributed by atoms with Crippen molar-refractivity contribution in [3.63, 3.8) is 0 Å². The molecule has 1 heterocycles. The zero-order valence-corrected chi connectivity index (χ0v) is 18.7. The van der Waals surface area contributed by atoms with Gasteiger partial charge in [0, 0.05) is 5.69 Å². The molecule has 9 heteroatoms. The van der Waals surface area contributed by atoms with Crippen molar-refractivity contribution in [3.05, 3.63) is 82.9 Å². The number of ether oxygens (including phenoxy) is 2. The lowest BCUT2D eigenvalue weighted by Crippen LogP contribution is -2.27. The van der Waals surface area contributed by atoms with E-state index in [0.29, 0.717) is 24.7 Å². The lowest BCUT2D eigenvalue weighted by Gasteiger charge is -2.21. The van der Waals surface area contributed by atoms with Crippen molar-refractivity contribution in [1.29, 1.82) is 0 Å². The van der Waals surface area contributed by atoms with Gasteiger partial charge in [-0.05, 0) is 55.0 Å². The summed E-state index contributed by atoms with van der Waals surface area (Å²) in [6, 6.07) is 17.5. The summed E-state index contributed by atoms with van der Waals surface area (Å²) in [4.78, 5) is 13.0. The molecule has 1 aliphatic rings. The van der Waals surface area contributed by atoms with E-state index in [-0.39, 0.29) is 27.2 Å². The average Bonchev–Trinajstić information content (AvgIpc) is 2.80. The largest absolute Gasteiger partial charge is 0.486 e. The second kappa shape index (κ2) is 9.10. The monoisotopic (exact) mass is 472 g/mol. The molecule has 0 radical (unpaired) electrons. The first-order valence-electron chi connectivity index (χ1n) is 9.91. The Kier molecular flexibility index (Phi) is 6.25. The Bertz CT molecular complexity index is 1250. The number of carbonyl (C=O) groups is 1. The highest BCUT2D eigenvalue weighted by Gasteiger charge is 2.19. The van der Waals surface area contributed by atoms with Gasteiger partial charge in [0.25, 0.3) is 15.9 Å². The van der Waals surface area contributed by atoms with Crippen LogP contribution in [0.15, 0.2) is 71.6 Å². The molecule has 32 heavy (non-hydrogen) atoms. The van der Waals surface area contributed by atoms with Crippen molar-refractivity contribution in [2.24, 2.45) is 0 Å². The number of halogens is 1. The molecule has 1 aliphatic heterocycles. The van der Waals surface area contributed by atoms with Crippen LogP contribution < -0.4 is 19.5 Å². The van der Waals surface area contributed by atoms with Gasteiger partial charge in [0.1, 0.15) is 13.2 Å². The Morgan fingerprint density at radius 3 is 2.44 bits per heavy atom. The van der Waals surface area contributed by atoms with Gasteiger partial charge in [0.2, 0.25) is 0 Å². The molecular formula is C23H21ClN2O5S. The number of benzene rings is 3. The van der Waals surface area contributed by atoms with E-state index in [2.05, 4.69) is 10.0 Å². The van der Waals surface area contributed by atoms with Crippen LogP contribution in [0.3, 0.4) is 0 Å². The third-order valence-electron chi connectivity index (χ3n) is 4.93. The highest BCUT2D eigenvalue weighted by molar-refractivity contribution is 7.92. The number of rotatable bonds is 6. The summed E-state index contributed by atoms with van der Waals surface area (Å²) < 4.78 is 38.8. The van der Waals surface area contributed by atoms with Gasteiger partial charge in [0.05, 0.1) is 21.5 Å². The van der Waals surface area contributed by atoms with Crippen LogP contribution in [0.1, 0.15) is 28.9 Å². The molecule has 0 aromatic heterocycles. The van der Waals surface area contributed by atoms with E-state index in [1.807, 2.05) is 19.1 Å². The van der Waals surface area contributed by atoms with Crippen molar-refractivity contribution in [2.75, 3.05) is 17.9 Å². The summed E-state index contributed by atoms with van der Waals surface area (Å²) in [7, 11) is -3.79. The van der Waals surface area contributed by atoms with E-state index < -0.39 is 15.9 Å². The van der Waals surface area contributed by atoms with E-state index in [4.69, 9.17) is 21.1 Å². The van der Waals surface area contributed by atoms with Crippen LogP contribution in [0.5, 0.6) is 11.5 Å². The topological polar surface area (TPSA) is 93.7 Å². The first-order valence-corrected chi connectivity index (χ1v) is 11.8. The Morgan fingerprint density at radius 1 is 0.969 bits per heavy atom. The molecule has 0 spiro atoms. The molecule has 0 unspecified atom stereocenters. The summed E-state index contributed by atoms with van der Waals surface area (Å²) in [6.45, 7) is 2.80. The number of fused-ring (bicyclic) bond motifs is 1. The van der Waals surface area contributed by atoms with Gasteiger partial charge in [-0.2, -0.15) is 0 Å². The minimum atomic E-state index is -3.79. The summed E-state index contributed by atoms with van der Waals surface area (Å²) in [5, 5.41) is 3.09. The SMILES string of the molecule is C[C@H](NC(=O)c1cc(NS(=O)(=O)c2ccccc2)ccc1Cl)c1ccc2c(c1)OCCO2. The summed E-state index contributed by atoms with van der Waals surface area (Å²) >= 11 is 6.23. The zero-order chi connectivity index (χ0) is 22.7. The first kappa shape index (κ1) is 22.0. The summed E-state index contributed by atoms with van der Waals surface area (Å²) in [5.74, 6) is 0.864. The van der Waals surface area contributed by atoms with Crippen LogP contribution in [0.2, 0.25) is 5.02 Å². The maximum absolute atomic E-state index is 12.9. The fourth-order valence-corrected chi connectivity index (χ4v) is 4.54. The third-order valence-corrected chi connectivity index (χ3v) is 6.66. The van der Waals surface area contributed by atoms with Crippen molar-refractivity contribution >= 4 is 33.2 Å². The number of amides is 1. The van der Waals surface area contributed by atoms with Crippen LogP contribution in [0.25, 0.3) is 0 Å². The van der Waals surface area contributed by atoms with Gasteiger partial charge < -0.3 is 14.8 Å². The minimum Gasteiger partial charge on any atom is -0.486 e. The lowest BCUT2D eigenvalue weighted by atomic mass is 10.1. The van der Waals surface area contributed by atoms with Crippen LogP contribution in [-0.4, -0.2) is 27.5 Å². The predicted molar refractivity (Wildman–Crippen MR) is 122 cm³/mol. The normalized spacial score (nSPS) is 13.8. The highest BCUT2D eigenvalue weighted by Crippen LogP contribution is 2.33. The average molecular weight is 473 g/mol. The molecule has 0 saturated heterocycles. The van der Waals surface area contributed by atoms with E-state index >= 15 is 0 Å². The van der Waals surface area contributed by atoms with Gasteiger partial charge >= 0.3 is 0 Å². The molecule has 2 N–H and O–H groups in total. The maximum Gasteiger partial charge on any atom is 0.261 e. The smallest absolute Gasteiger partial charge is 0.261 e. The van der Waals surface area contributed by atoms with Crippen molar-refractivity contribution in [1.82, 2.24) is 5.32 Å². The molecular weight excluding hydrogens is 452 g/mol. The van der Waals surface area contributed by atoms with Crippen LogP contribution >= 0.6 is 11.6 Å². The van der Waals surface area contributed by atoms with Crippen LogP contribution in [0, 0.1) is 0 Å². The Labute approximate surface area is 191 Å². The number of sulfonamides is 1. The van der Waals surface area contributed by atoms with Gasteiger partial charge in [-0.15, -0.1) is 0 Å². The Balaban J connectivity index is 1.51. The molecule has 3 aromatic carbocycles. The van der Waals surface area contributed by atoms with Crippen LogP contribution in [-0.2, 0) is 10.0 Å². The highest BCUT2D eigenvalue weighted by atomic mass is 35.5. The maximum atomic E-state index is 12.9. The van der Waals surface area contributed by atoms with E-state index in [1.165, 1.54) is 30.3 Å². The van der Waals surface area contributed by atoms with Gasteiger partial charge in [-0.1, -0.05) is 35.9 Å². The number of anilines is 1. The third kappa shape index (κ3) is 4.81. The molecule has 0 fully saturated rings. The lowest BCUT2D eigenvalue weighted by molar-refractivity contribution is 0.0940. The van der Waals surface area contributed by atoms with Gasteiger partial charge in [-0.25, -0.2) is 8.42 Å². The van der Waals surface area contributed by atoms with Gasteiger partial charge in [0.15, 0.2) is 11.5 Å². The zero-order valence-electron chi connectivity index (χ0n) is 17.2. The molecule has 1 amide bonds. The minimum absolute atomic E-state index is 0.119. The first-order chi connectivity index (χ1) is 15.3. The van der Waals surface area contributed by atoms with E-state index in [1.54, 1.807) is 24.3 Å². The molecule has 0 aliphatic carbocycles. The quantitative estimate of drug-likeness (QED) is 0.554. The Hall–Kier alpha value is -3.23. The van der Waals surface area contributed by atoms with Gasteiger partial charge in [-0.3, -0.25) is 9.52 Å². The van der Waals surface area contributed by atoms with Crippen molar-refractivity contribution in [2.45, 2.75) is 17.9 Å². The predicted octanol–water partition coefficient (Wildman–Crippen LogP) is 4.40. The summed E-state index contributed by atoms with van der Waals surface area (Å²) in [6.07, 6.45) is 0. The standard InChI is InChI=1S/C23H21ClN2O5S/c1-15(16-7-10-21-22(13-16)31-12-11-30-21)25-23(27)19-14-17(8-9-20(19)24)26-32(28,29)18-5-3-2-4-6-18/h2-10,13-15,26H,11-12H2,1H3,(H,25,27)/t15-/m0/s1. The molecule has 166 valence electrons. The summed E-state index contributed by atoms with van der Waals surface area (Å²) in [5.41, 5.74) is 1.22.